The van der Waals surface area contributed by atoms with Gasteiger partial charge in [0.2, 0.25) is 0 Å². The summed E-state index contributed by atoms with van der Waals surface area (Å²) >= 11 is 1.46. The third-order valence-electron chi connectivity index (χ3n) is 6.86. The number of imidazole rings is 1. The Balaban J connectivity index is 1.28. The largest absolute Gasteiger partial charge is 0.351 e. The van der Waals surface area contributed by atoms with Crippen molar-refractivity contribution in [1.29, 1.82) is 0 Å². The number of fused-ring (bicyclic) bond motifs is 5. The van der Waals surface area contributed by atoms with Gasteiger partial charge in [0.25, 0.3) is 11.5 Å². The quantitative estimate of drug-likeness (QED) is 0.392. The molecule has 0 unspecified atom stereocenters. The lowest BCUT2D eigenvalue weighted by Gasteiger charge is -2.31. The second-order valence-electron chi connectivity index (χ2n) is 9.73. The average Bonchev–Trinajstić information content (AvgIpc) is 3.57. The van der Waals surface area contributed by atoms with Crippen LogP contribution in [0.2, 0.25) is 0 Å². The number of thiazole rings is 1. The third kappa shape index (κ3) is 3.71. The number of aromatic amines is 1. The van der Waals surface area contributed by atoms with Crippen molar-refractivity contribution in [2.24, 2.45) is 7.05 Å². The number of aryl methyl sites for hydroxylation is 1. The zero-order chi connectivity index (χ0) is 24.3. The molecule has 1 amide bonds. The van der Waals surface area contributed by atoms with Crippen molar-refractivity contribution in [2.45, 2.75) is 32.2 Å². The number of aromatic nitrogens is 6. The number of likely N-dealkylation sites (tertiary alicyclic amines) is 1. The lowest BCUT2D eigenvalue weighted by molar-refractivity contribution is 0.0940. The van der Waals surface area contributed by atoms with Crippen LogP contribution in [-0.2, 0) is 7.05 Å². The number of hydrogen-bond donors (Lipinski definition) is 2. The minimum Gasteiger partial charge on any atom is -0.351 e. The van der Waals surface area contributed by atoms with E-state index in [1.165, 1.54) is 24.2 Å². The van der Waals surface area contributed by atoms with Gasteiger partial charge in [0.15, 0.2) is 0 Å². The number of hydrogen-bond acceptors (Lipinski definition) is 7. The van der Waals surface area contributed by atoms with E-state index in [1.807, 2.05) is 24.0 Å². The van der Waals surface area contributed by atoms with Crippen LogP contribution in [0.5, 0.6) is 0 Å². The summed E-state index contributed by atoms with van der Waals surface area (Å²) < 4.78 is 3.58. The van der Waals surface area contributed by atoms with Crippen LogP contribution in [-0.4, -0.2) is 65.1 Å². The van der Waals surface area contributed by atoms with Crippen molar-refractivity contribution in [2.75, 3.05) is 19.6 Å². The van der Waals surface area contributed by atoms with Crippen LogP contribution in [0.25, 0.3) is 37.3 Å². The fraction of sp³-hybridized carbons (Fsp3) is 0.375. The summed E-state index contributed by atoms with van der Waals surface area (Å²) in [6.07, 6.45) is 9.44. The van der Waals surface area contributed by atoms with E-state index >= 15 is 0 Å². The van der Waals surface area contributed by atoms with Crippen molar-refractivity contribution in [3.8, 4) is 10.6 Å². The first kappa shape index (κ1) is 21.9. The van der Waals surface area contributed by atoms with Gasteiger partial charge in [0.05, 0.1) is 28.0 Å². The summed E-state index contributed by atoms with van der Waals surface area (Å²) in [7, 11) is 1.91. The topological polar surface area (TPSA) is 113 Å². The molecule has 0 atom stereocenters. The number of carbonyl (C=O) groups excluding carboxylic acids is 1. The summed E-state index contributed by atoms with van der Waals surface area (Å²) in [5.41, 5.74) is 2.73. The molecule has 10 nitrogen and oxygen atoms in total. The van der Waals surface area contributed by atoms with Gasteiger partial charge in [-0.25, -0.2) is 9.50 Å². The molecule has 0 aromatic carbocycles. The molecule has 5 aromatic heterocycles. The Hall–Kier alpha value is -3.57. The second-order valence-corrected chi connectivity index (χ2v) is 10.8. The van der Waals surface area contributed by atoms with Crippen molar-refractivity contribution >= 4 is 44.0 Å². The van der Waals surface area contributed by atoms with Gasteiger partial charge in [-0.05, 0) is 39.3 Å². The number of H-pyrrole nitrogens is 1. The lowest BCUT2D eigenvalue weighted by Crippen LogP contribution is -2.43. The molecule has 5 aromatic rings. The molecule has 0 radical (unpaired) electrons. The zero-order valence-electron chi connectivity index (χ0n) is 19.8. The minimum atomic E-state index is -0.257. The smallest absolute Gasteiger partial charge is 0.261 e. The van der Waals surface area contributed by atoms with E-state index in [1.54, 1.807) is 23.1 Å². The van der Waals surface area contributed by atoms with Gasteiger partial charge in [-0.15, -0.1) is 11.3 Å². The van der Waals surface area contributed by atoms with E-state index in [2.05, 4.69) is 44.1 Å². The standard InChI is InChI=1S/C24H26N8O2S/c1-24(2)5-4-7-31(24)8-6-25-21(33)14-9-15-19(26-10-14)20-18(22(34)28-15)23-32(29-20)12-17(35-23)16-11-30(3)13-27-16/h9-13H,4-8H2,1-3H3,(H,25,33)(H,28,34). The Morgan fingerprint density at radius 2 is 2.11 bits per heavy atom. The van der Waals surface area contributed by atoms with Gasteiger partial charge in [0, 0.05) is 44.3 Å². The molecule has 1 aliphatic heterocycles. The minimum absolute atomic E-state index is 0.177. The van der Waals surface area contributed by atoms with Crippen LogP contribution in [0.1, 0.15) is 37.0 Å². The highest BCUT2D eigenvalue weighted by molar-refractivity contribution is 7.21. The van der Waals surface area contributed by atoms with E-state index in [-0.39, 0.29) is 17.0 Å². The summed E-state index contributed by atoms with van der Waals surface area (Å²) in [5, 5.41) is 8.11. The molecule has 11 heteroatoms. The van der Waals surface area contributed by atoms with Crippen LogP contribution < -0.4 is 10.9 Å². The van der Waals surface area contributed by atoms with Crippen LogP contribution in [0.3, 0.4) is 0 Å². The highest BCUT2D eigenvalue weighted by Crippen LogP contribution is 2.32. The highest BCUT2D eigenvalue weighted by Gasteiger charge is 2.31. The summed E-state index contributed by atoms with van der Waals surface area (Å²) in [5.74, 6) is -0.205. The van der Waals surface area contributed by atoms with Crippen molar-refractivity contribution in [3.05, 3.63) is 46.9 Å². The van der Waals surface area contributed by atoms with E-state index in [4.69, 9.17) is 0 Å². The number of nitrogens with zero attached hydrogens (tertiary/aromatic N) is 6. The molecule has 6 rings (SSSR count). The van der Waals surface area contributed by atoms with Gasteiger partial charge < -0.3 is 14.9 Å². The second kappa shape index (κ2) is 7.99. The van der Waals surface area contributed by atoms with Crippen LogP contribution in [0, 0.1) is 0 Å². The highest BCUT2D eigenvalue weighted by atomic mass is 32.1. The Morgan fingerprint density at radius 3 is 2.86 bits per heavy atom. The van der Waals surface area contributed by atoms with Crippen molar-refractivity contribution in [3.63, 3.8) is 0 Å². The molecule has 6 heterocycles. The monoisotopic (exact) mass is 490 g/mol. The van der Waals surface area contributed by atoms with E-state index in [0.717, 1.165) is 28.5 Å². The van der Waals surface area contributed by atoms with Crippen molar-refractivity contribution < 1.29 is 4.79 Å². The first-order valence-corrected chi connectivity index (χ1v) is 12.5. The molecular weight excluding hydrogens is 464 g/mol. The maximum absolute atomic E-state index is 13.0. The van der Waals surface area contributed by atoms with Crippen molar-refractivity contribution in [1.82, 2.24) is 39.3 Å². The molecule has 1 fully saturated rings. The van der Waals surface area contributed by atoms with Gasteiger partial charge in [-0.1, -0.05) is 0 Å². The zero-order valence-corrected chi connectivity index (χ0v) is 20.6. The predicted molar refractivity (Wildman–Crippen MR) is 136 cm³/mol. The molecule has 1 aliphatic rings. The molecule has 35 heavy (non-hydrogen) atoms. The predicted octanol–water partition coefficient (Wildman–Crippen LogP) is 2.79. The normalized spacial score (nSPS) is 16.1. The maximum atomic E-state index is 13.0. The third-order valence-corrected chi connectivity index (χ3v) is 7.98. The van der Waals surface area contributed by atoms with Gasteiger partial charge in [0.1, 0.15) is 21.3 Å². The number of carbonyl (C=O) groups is 1. The Bertz CT molecular complexity index is 1660. The molecule has 0 aliphatic carbocycles. The Kier molecular flexibility index (Phi) is 5.01. The van der Waals surface area contributed by atoms with Gasteiger partial charge in [-0.2, -0.15) is 5.10 Å². The summed E-state index contributed by atoms with van der Waals surface area (Å²) in [4.78, 5) is 41.6. The number of rotatable bonds is 5. The first-order valence-electron chi connectivity index (χ1n) is 11.7. The lowest BCUT2D eigenvalue weighted by atomic mass is 10.0. The molecule has 0 bridgehead atoms. The summed E-state index contributed by atoms with van der Waals surface area (Å²) in [6.45, 7) is 6.91. The average molecular weight is 491 g/mol. The number of amides is 1. The molecule has 0 spiro atoms. The van der Waals surface area contributed by atoms with Gasteiger partial charge >= 0.3 is 0 Å². The van der Waals surface area contributed by atoms with E-state index in [9.17, 15) is 9.59 Å². The fourth-order valence-corrected chi connectivity index (χ4v) is 5.97. The molecular formula is C24H26N8O2S. The molecule has 180 valence electrons. The van der Waals surface area contributed by atoms with E-state index in [0.29, 0.717) is 34.0 Å². The van der Waals surface area contributed by atoms with Crippen LogP contribution in [0.15, 0.2) is 35.8 Å². The van der Waals surface area contributed by atoms with Crippen LogP contribution in [0.4, 0.5) is 0 Å². The molecule has 0 saturated carbocycles. The Labute approximate surface area is 204 Å². The van der Waals surface area contributed by atoms with Crippen LogP contribution >= 0.6 is 11.3 Å². The van der Waals surface area contributed by atoms with Gasteiger partial charge in [-0.3, -0.25) is 19.5 Å². The van der Waals surface area contributed by atoms with E-state index < -0.39 is 0 Å². The number of pyridine rings is 2. The maximum Gasteiger partial charge on any atom is 0.261 e. The summed E-state index contributed by atoms with van der Waals surface area (Å²) in [6, 6.07) is 1.67. The Morgan fingerprint density at radius 1 is 1.26 bits per heavy atom. The molecule has 1 saturated heterocycles. The first-order chi connectivity index (χ1) is 16.8. The fourth-order valence-electron chi connectivity index (χ4n) is 4.92. The SMILES string of the molecule is Cn1cnc(-c2cn3nc4c5ncc(C(=O)NCCN6CCCC6(C)C)cc5[nH]c(=O)c4c3s2)c1. The number of nitrogens with one attached hydrogen (secondary N) is 2. The molecule has 2 N–H and O–H groups in total.